The molecule has 8 heteroatoms. The van der Waals surface area contributed by atoms with Gasteiger partial charge in [-0.05, 0) is 74.2 Å². The van der Waals surface area contributed by atoms with Crippen LogP contribution in [0.4, 0.5) is 13.2 Å². The van der Waals surface area contributed by atoms with Gasteiger partial charge in [0.05, 0.1) is 16.8 Å². The van der Waals surface area contributed by atoms with Gasteiger partial charge in [-0.25, -0.2) is 0 Å². The number of piperidine rings is 1. The van der Waals surface area contributed by atoms with Crippen molar-refractivity contribution in [1.82, 2.24) is 15.2 Å². The molecule has 1 fully saturated rings. The van der Waals surface area contributed by atoms with Gasteiger partial charge in [0.15, 0.2) is 0 Å². The van der Waals surface area contributed by atoms with Crippen LogP contribution in [-0.4, -0.2) is 34.8 Å². The highest BCUT2D eigenvalue weighted by atomic mass is 19.4. The summed E-state index contributed by atoms with van der Waals surface area (Å²) < 4.78 is 38.5. The first-order valence-corrected chi connectivity index (χ1v) is 11.9. The lowest BCUT2D eigenvalue weighted by Crippen LogP contribution is -2.38. The molecule has 36 heavy (non-hydrogen) atoms. The largest absolute Gasteiger partial charge is 0.416 e. The molecule has 1 aromatic heterocycles. The zero-order valence-electron chi connectivity index (χ0n) is 20.2. The standard InChI is InChI=1S/C28H28F3N3O2/c1-18-5-3-4-6-22(18)17-32-26(35)24-12-7-19(2)33-25(24)20-13-15-34(16-14-20)27(36)21-8-10-23(11-9-21)28(29,30)31/h3-12,20H,13-17H2,1-2H3,(H,32,35). The third kappa shape index (κ3) is 5.75. The normalized spacial score (nSPS) is 14.5. The van der Waals surface area contributed by atoms with E-state index in [-0.39, 0.29) is 23.3 Å². The van der Waals surface area contributed by atoms with Crippen molar-refractivity contribution in [2.75, 3.05) is 13.1 Å². The molecule has 0 atom stereocenters. The Kier molecular flexibility index (Phi) is 7.43. The molecule has 1 N–H and O–H groups in total. The van der Waals surface area contributed by atoms with Gasteiger partial charge in [-0.15, -0.1) is 0 Å². The van der Waals surface area contributed by atoms with Crippen LogP contribution in [0.15, 0.2) is 60.7 Å². The number of pyridine rings is 1. The molecule has 0 unspecified atom stereocenters. The Morgan fingerprint density at radius 2 is 1.64 bits per heavy atom. The molecular weight excluding hydrogens is 467 g/mol. The molecule has 4 rings (SSSR count). The SMILES string of the molecule is Cc1ccc(C(=O)NCc2ccccc2C)c(C2CCN(C(=O)c3ccc(C(F)(F)F)cc3)CC2)n1. The third-order valence-corrected chi connectivity index (χ3v) is 6.64. The summed E-state index contributed by atoms with van der Waals surface area (Å²) in [7, 11) is 0. The van der Waals surface area contributed by atoms with Crippen molar-refractivity contribution < 1.29 is 22.8 Å². The van der Waals surface area contributed by atoms with Crippen LogP contribution in [0.25, 0.3) is 0 Å². The average Bonchev–Trinajstić information content (AvgIpc) is 2.87. The van der Waals surface area contributed by atoms with Crippen LogP contribution in [0.5, 0.6) is 0 Å². The number of nitrogens with one attached hydrogen (secondary N) is 1. The zero-order valence-corrected chi connectivity index (χ0v) is 20.2. The Morgan fingerprint density at radius 1 is 0.972 bits per heavy atom. The van der Waals surface area contributed by atoms with Crippen molar-refractivity contribution in [3.63, 3.8) is 0 Å². The first-order chi connectivity index (χ1) is 17.1. The first kappa shape index (κ1) is 25.4. The second kappa shape index (κ2) is 10.5. The summed E-state index contributed by atoms with van der Waals surface area (Å²) >= 11 is 0. The molecule has 1 aliphatic heterocycles. The molecule has 5 nitrogen and oxygen atoms in total. The summed E-state index contributed by atoms with van der Waals surface area (Å²) in [5.74, 6) is -0.486. The van der Waals surface area contributed by atoms with E-state index in [9.17, 15) is 22.8 Å². The number of benzene rings is 2. The second-order valence-electron chi connectivity index (χ2n) is 9.14. The van der Waals surface area contributed by atoms with Crippen molar-refractivity contribution in [2.45, 2.75) is 45.3 Å². The van der Waals surface area contributed by atoms with E-state index in [0.29, 0.717) is 38.0 Å². The molecule has 0 saturated carbocycles. The van der Waals surface area contributed by atoms with Crippen molar-refractivity contribution in [3.05, 3.63) is 99.9 Å². The van der Waals surface area contributed by atoms with Crippen LogP contribution >= 0.6 is 0 Å². The maximum Gasteiger partial charge on any atom is 0.416 e. The van der Waals surface area contributed by atoms with Crippen LogP contribution in [0.3, 0.4) is 0 Å². The van der Waals surface area contributed by atoms with Crippen molar-refractivity contribution in [2.24, 2.45) is 0 Å². The maximum atomic E-state index is 13.1. The molecule has 2 amide bonds. The maximum absolute atomic E-state index is 13.1. The third-order valence-electron chi connectivity index (χ3n) is 6.64. The number of aryl methyl sites for hydroxylation is 2. The molecule has 0 aliphatic carbocycles. The fraction of sp³-hybridized carbons (Fsp3) is 0.321. The molecule has 188 valence electrons. The summed E-state index contributed by atoms with van der Waals surface area (Å²) in [6.07, 6.45) is -3.22. The number of nitrogens with zero attached hydrogens (tertiary/aromatic N) is 2. The smallest absolute Gasteiger partial charge is 0.348 e. The quantitative estimate of drug-likeness (QED) is 0.496. The van der Waals surface area contributed by atoms with Crippen LogP contribution < -0.4 is 5.32 Å². The number of carbonyl (C=O) groups excluding carboxylic acids is 2. The second-order valence-corrected chi connectivity index (χ2v) is 9.14. The van der Waals surface area contributed by atoms with Gasteiger partial charge in [0.1, 0.15) is 0 Å². The number of alkyl halides is 3. The lowest BCUT2D eigenvalue weighted by Gasteiger charge is -2.32. The van der Waals surface area contributed by atoms with E-state index in [2.05, 4.69) is 10.3 Å². The highest BCUT2D eigenvalue weighted by molar-refractivity contribution is 5.96. The van der Waals surface area contributed by atoms with Gasteiger partial charge in [-0.2, -0.15) is 13.2 Å². The van der Waals surface area contributed by atoms with E-state index in [0.717, 1.165) is 34.6 Å². The minimum absolute atomic E-state index is 0.000710. The Balaban J connectivity index is 1.42. The van der Waals surface area contributed by atoms with E-state index in [4.69, 9.17) is 0 Å². The van der Waals surface area contributed by atoms with Crippen LogP contribution in [0.1, 0.15) is 67.6 Å². The number of halogens is 3. The Morgan fingerprint density at radius 3 is 2.28 bits per heavy atom. The molecule has 1 aliphatic rings. The predicted molar refractivity (Wildman–Crippen MR) is 131 cm³/mol. The fourth-order valence-electron chi connectivity index (χ4n) is 4.50. The molecule has 0 radical (unpaired) electrons. The van der Waals surface area contributed by atoms with Gasteiger partial charge >= 0.3 is 6.18 Å². The molecular formula is C28H28F3N3O2. The lowest BCUT2D eigenvalue weighted by atomic mass is 9.89. The number of hydrogen-bond donors (Lipinski definition) is 1. The van der Waals surface area contributed by atoms with Crippen molar-refractivity contribution in [3.8, 4) is 0 Å². The summed E-state index contributed by atoms with van der Waals surface area (Å²) in [4.78, 5) is 32.2. The minimum Gasteiger partial charge on any atom is -0.348 e. The lowest BCUT2D eigenvalue weighted by molar-refractivity contribution is -0.137. The highest BCUT2D eigenvalue weighted by Crippen LogP contribution is 2.31. The van der Waals surface area contributed by atoms with Gasteiger partial charge in [-0.1, -0.05) is 24.3 Å². The Labute approximate surface area is 208 Å². The number of aromatic nitrogens is 1. The van der Waals surface area contributed by atoms with Gasteiger partial charge in [0, 0.05) is 36.8 Å². The van der Waals surface area contributed by atoms with E-state index in [1.807, 2.05) is 44.2 Å². The summed E-state index contributed by atoms with van der Waals surface area (Å²) in [5.41, 5.74) is 3.65. The molecule has 1 saturated heterocycles. The van der Waals surface area contributed by atoms with E-state index >= 15 is 0 Å². The Bertz CT molecular complexity index is 1250. The zero-order chi connectivity index (χ0) is 25.9. The van der Waals surface area contributed by atoms with E-state index < -0.39 is 11.7 Å². The van der Waals surface area contributed by atoms with E-state index in [1.54, 1.807) is 11.0 Å². The number of carbonyl (C=O) groups is 2. The van der Waals surface area contributed by atoms with Gasteiger partial charge in [0.25, 0.3) is 11.8 Å². The monoisotopic (exact) mass is 495 g/mol. The summed E-state index contributed by atoms with van der Waals surface area (Å²) in [5, 5.41) is 3.00. The van der Waals surface area contributed by atoms with Gasteiger partial charge < -0.3 is 10.2 Å². The van der Waals surface area contributed by atoms with Gasteiger partial charge in [0.2, 0.25) is 0 Å². The number of likely N-dealkylation sites (tertiary alicyclic amines) is 1. The van der Waals surface area contributed by atoms with Crippen LogP contribution in [-0.2, 0) is 12.7 Å². The summed E-state index contributed by atoms with van der Waals surface area (Å²) in [6.45, 7) is 5.16. The predicted octanol–water partition coefficient (Wildman–Crippen LogP) is 5.67. The number of hydrogen-bond acceptors (Lipinski definition) is 3. The Hall–Kier alpha value is -3.68. The van der Waals surface area contributed by atoms with Crippen LogP contribution in [0, 0.1) is 13.8 Å². The average molecular weight is 496 g/mol. The summed E-state index contributed by atoms with van der Waals surface area (Å²) in [6, 6.07) is 15.8. The first-order valence-electron chi connectivity index (χ1n) is 11.9. The highest BCUT2D eigenvalue weighted by Gasteiger charge is 2.31. The molecule has 0 bridgehead atoms. The molecule has 2 heterocycles. The topological polar surface area (TPSA) is 62.3 Å². The number of amides is 2. The van der Waals surface area contributed by atoms with Crippen LogP contribution in [0.2, 0.25) is 0 Å². The van der Waals surface area contributed by atoms with E-state index in [1.165, 1.54) is 12.1 Å². The molecule has 3 aromatic rings. The minimum atomic E-state index is -4.44. The number of rotatable bonds is 5. The van der Waals surface area contributed by atoms with Crippen molar-refractivity contribution >= 4 is 11.8 Å². The fourth-order valence-corrected chi connectivity index (χ4v) is 4.50. The van der Waals surface area contributed by atoms with Crippen molar-refractivity contribution in [1.29, 1.82) is 0 Å². The molecule has 0 spiro atoms. The molecule has 2 aromatic carbocycles. The van der Waals surface area contributed by atoms with Gasteiger partial charge in [-0.3, -0.25) is 14.6 Å².